The first kappa shape index (κ1) is 29.6. The Morgan fingerprint density at radius 1 is 1.04 bits per heavy atom. The molecule has 2 spiro atoms. The van der Waals surface area contributed by atoms with Crippen molar-refractivity contribution < 1.29 is 23.7 Å². The molecule has 8 rings (SSSR count). The van der Waals surface area contributed by atoms with Gasteiger partial charge < -0.3 is 24.7 Å². The third kappa shape index (κ3) is 4.38. The van der Waals surface area contributed by atoms with Crippen molar-refractivity contribution in [2.45, 2.75) is 120 Å². The van der Waals surface area contributed by atoms with Gasteiger partial charge in [0.2, 0.25) is 17.5 Å². The standard InChI is InChI=1S/C33H46N6O6/c1-19(22-9-7-15-37(22)2)44-30-25-29(39(31(41)38(25)3)23-18-20-10-11-24(23)45-20)35-28(36-30)26(40)21-8-6-13-32(27(21)34)12-4-5-14-33(32)42-16-17-43-33/h19-20,22-24H,4-18,34H2,1-3H3/t19-,20?,22-,23-,24?,32-/m0/s1. The van der Waals surface area contributed by atoms with E-state index in [1.807, 2.05) is 6.92 Å². The van der Waals surface area contributed by atoms with Gasteiger partial charge >= 0.3 is 5.69 Å². The maximum absolute atomic E-state index is 14.6. The number of nitrogens with zero attached hydrogens (tertiary/aromatic N) is 5. The second-order valence-electron chi connectivity index (χ2n) is 14.2. The summed E-state index contributed by atoms with van der Waals surface area (Å²) in [5.74, 6) is -0.819. The quantitative estimate of drug-likeness (QED) is 0.478. The van der Waals surface area contributed by atoms with Crippen molar-refractivity contribution in [2.24, 2.45) is 18.2 Å². The van der Waals surface area contributed by atoms with Crippen LogP contribution in [0.3, 0.4) is 0 Å². The van der Waals surface area contributed by atoms with E-state index in [4.69, 9.17) is 34.6 Å². The molecule has 6 aliphatic rings. The lowest BCUT2D eigenvalue weighted by atomic mass is 9.61. The number of imidazole rings is 1. The van der Waals surface area contributed by atoms with Gasteiger partial charge in [-0.25, -0.2) is 9.78 Å². The van der Waals surface area contributed by atoms with Gasteiger partial charge in [0.15, 0.2) is 17.0 Å². The molecule has 2 bridgehead atoms. The normalized spacial score (nSPS) is 33.7. The van der Waals surface area contributed by atoms with Crippen LogP contribution in [0.4, 0.5) is 0 Å². The number of likely N-dealkylation sites (N-methyl/N-ethyl adjacent to an activating group) is 1. The van der Waals surface area contributed by atoms with Crippen LogP contribution in [0, 0.1) is 5.41 Å². The summed E-state index contributed by atoms with van der Waals surface area (Å²) in [6, 6.07) is 0.0581. The lowest BCUT2D eigenvalue weighted by Gasteiger charge is -2.52. The predicted molar refractivity (Wildman–Crippen MR) is 165 cm³/mol. The Kier molecular flexibility index (Phi) is 7.16. The molecule has 6 heterocycles. The number of ether oxygens (including phenoxy) is 4. The Morgan fingerprint density at radius 2 is 1.82 bits per heavy atom. The summed E-state index contributed by atoms with van der Waals surface area (Å²) < 4.78 is 28.7. The smallest absolute Gasteiger partial charge is 0.330 e. The maximum Gasteiger partial charge on any atom is 0.330 e. The van der Waals surface area contributed by atoms with Crippen LogP contribution in [0.25, 0.3) is 11.2 Å². The molecule has 0 radical (unpaired) electrons. The number of carbonyl (C=O) groups excluding carboxylic acids is 1. The van der Waals surface area contributed by atoms with E-state index in [-0.39, 0.29) is 53.6 Å². The number of likely N-dealkylation sites (tertiary alicyclic amines) is 1. The predicted octanol–water partition coefficient (Wildman–Crippen LogP) is 3.37. The first-order chi connectivity index (χ1) is 21.7. The van der Waals surface area contributed by atoms with Gasteiger partial charge in [-0.05, 0) is 84.7 Å². The molecule has 1 saturated carbocycles. The SMILES string of the molecule is C[C@H](Oc1nc(C(=O)C2=C(N)[C@]3(CCCCC34OCCO4)CCC2)nc2c1n(C)c(=O)n2[C@H]1CC2CCC1O2)[C@@H]1CCCN1C. The molecule has 12 heteroatoms. The summed E-state index contributed by atoms with van der Waals surface area (Å²) in [6.07, 6.45) is 10.4. The molecule has 4 aliphatic heterocycles. The van der Waals surface area contributed by atoms with Crippen LogP contribution in [-0.2, 0) is 21.3 Å². The number of ketones is 1. The molecule has 45 heavy (non-hydrogen) atoms. The highest BCUT2D eigenvalue weighted by atomic mass is 16.7. The summed E-state index contributed by atoms with van der Waals surface area (Å²) in [7, 11) is 3.84. The lowest BCUT2D eigenvalue weighted by molar-refractivity contribution is -0.248. The molecule has 244 valence electrons. The minimum Gasteiger partial charge on any atom is -0.471 e. The second kappa shape index (κ2) is 10.9. The molecule has 2 aromatic rings. The van der Waals surface area contributed by atoms with E-state index in [0.29, 0.717) is 42.1 Å². The fraction of sp³-hybridized carbons (Fsp3) is 0.758. The highest BCUT2D eigenvalue weighted by Crippen LogP contribution is 2.58. The Balaban J connectivity index is 1.25. The highest BCUT2D eigenvalue weighted by molar-refractivity contribution is 6.07. The van der Waals surface area contributed by atoms with Gasteiger partial charge in [-0.3, -0.25) is 18.8 Å². The molecule has 2 aliphatic carbocycles. The van der Waals surface area contributed by atoms with Crippen molar-refractivity contribution in [3.05, 3.63) is 27.6 Å². The molecule has 0 amide bonds. The molecule has 6 atom stereocenters. The van der Waals surface area contributed by atoms with Crippen molar-refractivity contribution in [3.8, 4) is 5.88 Å². The molecular weight excluding hydrogens is 576 g/mol. The number of hydrogen-bond donors (Lipinski definition) is 1. The number of allylic oxidation sites excluding steroid dienone is 1. The van der Waals surface area contributed by atoms with E-state index in [0.717, 1.165) is 77.2 Å². The van der Waals surface area contributed by atoms with E-state index in [9.17, 15) is 9.59 Å². The van der Waals surface area contributed by atoms with Crippen LogP contribution in [0.5, 0.6) is 5.88 Å². The zero-order chi connectivity index (χ0) is 31.1. The number of fused-ring (bicyclic) bond motifs is 4. The van der Waals surface area contributed by atoms with Crippen LogP contribution in [-0.4, -0.2) is 86.7 Å². The van der Waals surface area contributed by atoms with Gasteiger partial charge in [0.05, 0.1) is 36.9 Å². The number of nitrogens with two attached hydrogens (primary N) is 1. The van der Waals surface area contributed by atoms with Crippen molar-refractivity contribution in [3.63, 3.8) is 0 Å². The molecule has 4 saturated heterocycles. The number of aryl methyl sites for hydroxylation is 1. The second-order valence-corrected chi connectivity index (χ2v) is 14.2. The van der Waals surface area contributed by atoms with Crippen molar-refractivity contribution in [2.75, 3.05) is 26.8 Å². The van der Waals surface area contributed by atoms with Crippen molar-refractivity contribution in [1.82, 2.24) is 24.0 Å². The zero-order valence-corrected chi connectivity index (χ0v) is 26.8. The van der Waals surface area contributed by atoms with Gasteiger partial charge in [0, 0.05) is 30.8 Å². The van der Waals surface area contributed by atoms with Crippen molar-refractivity contribution in [1.29, 1.82) is 0 Å². The van der Waals surface area contributed by atoms with Gasteiger partial charge in [0.1, 0.15) is 6.10 Å². The largest absolute Gasteiger partial charge is 0.471 e. The third-order valence-electron chi connectivity index (χ3n) is 11.9. The minimum atomic E-state index is -0.787. The van der Waals surface area contributed by atoms with E-state index in [1.54, 1.807) is 16.2 Å². The number of aromatic nitrogens is 4. The van der Waals surface area contributed by atoms with Crippen LogP contribution in [0.1, 0.15) is 101 Å². The summed E-state index contributed by atoms with van der Waals surface area (Å²) in [5, 5.41) is 0. The average molecular weight is 623 g/mol. The monoisotopic (exact) mass is 622 g/mol. The van der Waals surface area contributed by atoms with Gasteiger partial charge in [0.25, 0.3) is 0 Å². The van der Waals surface area contributed by atoms with E-state index >= 15 is 0 Å². The fourth-order valence-electron chi connectivity index (χ4n) is 9.62. The summed E-state index contributed by atoms with van der Waals surface area (Å²) in [6.45, 7) is 4.11. The molecule has 2 unspecified atom stereocenters. The van der Waals surface area contributed by atoms with Gasteiger partial charge in [-0.15, -0.1) is 0 Å². The average Bonchev–Trinajstić information content (AvgIpc) is 3.87. The Hall–Kier alpha value is -2.80. The maximum atomic E-state index is 14.6. The summed E-state index contributed by atoms with van der Waals surface area (Å²) in [5.41, 5.74) is 8.31. The first-order valence-corrected chi connectivity index (χ1v) is 17.1. The highest BCUT2D eigenvalue weighted by Gasteiger charge is 2.60. The Morgan fingerprint density at radius 3 is 2.53 bits per heavy atom. The number of carbonyl (C=O) groups is 1. The molecular formula is C33H46N6O6. The third-order valence-corrected chi connectivity index (χ3v) is 11.9. The number of rotatable bonds is 6. The lowest BCUT2D eigenvalue weighted by Crippen LogP contribution is -2.56. The zero-order valence-electron chi connectivity index (χ0n) is 26.8. The van der Waals surface area contributed by atoms with Crippen LogP contribution >= 0.6 is 0 Å². The Bertz CT molecular complexity index is 1610. The topological polar surface area (TPSA) is 136 Å². The number of hydrogen-bond acceptors (Lipinski definition) is 10. The Labute approximate surface area is 263 Å². The van der Waals surface area contributed by atoms with Crippen LogP contribution in [0.15, 0.2) is 16.1 Å². The summed E-state index contributed by atoms with van der Waals surface area (Å²) in [4.78, 5) is 40.4. The number of Topliss-reactive ketones (excluding diaryl/α,β-unsaturated/α-hetero) is 1. The minimum absolute atomic E-state index is 0.0148. The van der Waals surface area contributed by atoms with E-state index in [1.165, 1.54) is 0 Å². The van der Waals surface area contributed by atoms with Crippen LogP contribution < -0.4 is 16.2 Å². The molecule has 0 aromatic carbocycles. The molecule has 2 aromatic heterocycles. The van der Waals surface area contributed by atoms with E-state index in [2.05, 4.69) is 11.9 Å². The first-order valence-electron chi connectivity index (χ1n) is 17.1. The molecule has 12 nitrogen and oxygen atoms in total. The van der Waals surface area contributed by atoms with Crippen LogP contribution in [0.2, 0.25) is 0 Å². The van der Waals surface area contributed by atoms with Gasteiger partial charge in [-0.2, -0.15) is 4.98 Å². The van der Waals surface area contributed by atoms with Gasteiger partial charge in [-0.1, -0.05) is 6.42 Å². The molecule has 5 fully saturated rings. The van der Waals surface area contributed by atoms with Crippen molar-refractivity contribution >= 4 is 16.9 Å². The van der Waals surface area contributed by atoms with E-state index < -0.39 is 11.2 Å². The fourth-order valence-corrected chi connectivity index (χ4v) is 9.62. The molecule has 2 N–H and O–H groups in total. The summed E-state index contributed by atoms with van der Waals surface area (Å²) >= 11 is 0.